The molecule has 1 saturated heterocycles. The molecule has 2 nitrogen and oxygen atoms in total. The van der Waals surface area contributed by atoms with Gasteiger partial charge < -0.3 is 9.80 Å². The third-order valence-corrected chi connectivity index (χ3v) is 4.78. The zero-order valence-electron chi connectivity index (χ0n) is 14.8. The van der Waals surface area contributed by atoms with Crippen LogP contribution in [-0.4, -0.2) is 26.2 Å². The van der Waals surface area contributed by atoms with E-state index in [9.17, 15) is 0 Å². The molecule has 122 valence electrons. The van der Waals surface area contributed by atoms with E-state index in [-0.39, 0.29) is 5.41 Å². The maximum absolute atomic E-state index is 2.50. The summed E-state index contributed by atoms with van der Waals surface area (Å²) in [4.78, 5) is 4.98. The minimum atomic E-state index is 0.225. The first-order valence-corrected chi connectivity index (χ1v) is 8.60. The molecule has 0 amide bonds. The van der Waals surface area contributed by atoms with Crippen molar-refractivity contribution >= 4 is 11.4 Å². The lowest BCUT2D eigenvalue weighted by atomic mass is 9.87. The molecular formula is C21H28N2. The minimum absolute atomic E-state index is 0.225. The molecule has 1 aliphatic heterocycles. The number of piperazine rings is 1. The van der Waals surface area contributed by atoms with Gasteiger partial charge in [-0.3, -0.25) is 0 Å². The van der Waals surface area contributed by atoms with Crippen molar-refractivity contribution < 1.29 is 0 Å². The van der Waals surface area contributed by atoms with Gasteiger partial charge in [0.05, 0.1) is 0 Å². The van der Waals surface area contributed by atoms with E-state index in [1.807, 2.05) is 0 Å². The Kier molecular flexibility index (Phi) is 4.34. The van der Waals surface area contributed by atoms with Gasteiger partial charge in [0.25, 0.3) is 0 Å². The largest absolute Gasteiger partial charge is 0.368 e. The Morgan fingerprint density at radius 1 is 0.652 bits per heavy atom. The van der Waals surface area contributed by atoms with Gasteiger partial charge in [-0.2, -0.15) is 0 Å². The highest BCUT2D eigenvalue weighted by Crippen LogP contribution is 2.26. The molecule has 1 fully saturated rings. The van der Waals surface area contributed by atoms with Crippen molar-refractivity contribution in [2.24, 2.45) is 0 Å². The van der Waals surface area contributed by atoms with Crippen LogP contribution in [0.5, 0.6) is 0 Å². The van der Waals surface area contributed by atoms with Crippen molar-refractivity contribution in [2.75, 3.05) is 36.0 Å². The van der Waals surface area contributed by atoms with Gasteiger partial charge in [-0.05, 0) is 42.2 Å². The molecule has 1 aliphatic rings. The van der Waals surface area contributed by atoms with E-state index in [1.54, 1.807) is 0 Å². The maximum Gasteiger partial charge on any atom is 0.0367 e. The van der Waals surface area contributed by atoms with E-state index >= 15 is 0 Å². The second kappa shape index (κ2) is 6.27. The number of anilines is 2. The average Bonchev–Trinajstić information content (AvgIpc) is 2.55. The fourth-order valence-electron chi connectivity index (χ4n) is 3.15. The summed E-state index contributed by atoms with van der Waals surface area (Å²) in [6.45, 7) is 13.3. The van der Waals surface area contributed by atoms with Crippen LogP contribution < -0.4 is 9.80 Å². The van der Waals surface area contributed by atoms with Gasteiger partial charge in [-0.25, -0.2) is 0 Å². The van der Waals surface area contributed by atoms with E-state index in [4.69, 9.17) is 0 Å². The molecule has 0 aromatic heterocycles. The van der Waals surface area contributed by atoms with Gasteiger partial charge in [0.15, 0.2) is 0 Å². The summed E-state index contributed by atoms with van der Waals surface area (Å²) >= 11 is 0. The lowest BCUT2D eigenvalue weighted by molar-refractivity contribution is 0.590. The molecule has 0 atom stereocenters. The first-order chi connectivity index (χ1) is 10.9. The summed E-state index contributed by atoms with van der Waals surface area (Å²) in [5, 5.41) is 0. The third-order valence-electron chi connectivity index (χ3n) is 4.78. The summed E-state index contributed by atoms with van der Waals surface area (Å²) in [6.07, 6.45) is 0. The molecule has 2 heteroatoms. The number of benzene rings is 2. The third kappa shape index (κ3) is 3.69. The zero-order chi connectivity index (χ0) is 16.4. The van der Waals surface area contributed by atoms with Crippen molar-refractivity contribution in [3.05, 3.63) is 59.7 Å². The first-order valence-electron chi connectivity index (χ1n) is 8.60. The fourth-order valence-corrected chi connectivity index (χ4v) is 3.15. The van der Waals surface area contributed by atoms with Crippen LogP contribution >= 0.6 is 0 Å². The Morgan fingerprint density at radius 3 is 1.43 bits per heavy atom. The van der Waals surface area contributed by atoms with Crippen LogP contribution in [0.15, 0.2) is 48.5 Å². The van der Waals surface area contributed by atoms with Gasteiger partial charge in [0.2, 0.25) is 0 Å². The molecule has 23 heavy (non-hydrogen) atoms. The Labute approximate surface area is 140 Å². The number of hydrogen-bond donors (Lipinski definition) is 0. The molecule has 1 heterocycles. The summed E-state index contributed by atoms with van der Waals surface area (Å²) in [5.41, 5.74) is 5.65. The monoisotopic (exact) mass is 308 g/mol. The van der Waals surface area contributed by atoms with Crippen LogP contribution in [0.25, 0.3) is 0 Å². The quantitative estimate of drug-likeness (QED) is 0.799. The fraction of sp³-hybridized carbons (Fsp3) is 0.429. The lowest BCUT2D eigenvalue weighted by Gasteiger charge is -2.37. The van der Waals surface area contributed by atoms with Crippen LogP contribution in [0, 0.1) is 6.92 Å². The topological polar surface area (TPSA) is 6.48 Å². The molecule has 2 aromatic carbocycles. The van der Waals surface area contributed by atoms with E-state index in [0.29, 0.717) is 0 Å². The van der Waals surface area contributed by atoms with Crippen molar-refractivity contribution in [3.8, 4) is 0 Å². The summed E-state index contributed by atoms with van der Waals surface area (Å²) in [7, 11) is 0. The summed E-state index contributed by atoms with van der Waals surface area (Å²) in [6, 6.07) is 18.0. The number of hydrogen-bond acceptors (Lipinski definition) is 2. The van der Waals surface area contributed by atoms with Crippen LogP contribution in [-0.2, 0) is 5.41 Å². The molecule has 0 radical (unpaired) electrons. The Bertz CT molecular complexity index is 627. The van der Waals surface area contributed by atoms with Gasteiger partial charge in [-0.1, -0.05) is 50.6 Å². The molecule has 2 aromatic rings. The maximum atomic E-state index is 2.50. The highest BCUT2D eigenvalue weighted by molar-refractivity contribution is 5.53. The van der Waals surface area contributed by atoms with E-state index in [2.05, 4.69) is 86.0 Å². The number of aryl methyl sites for hydroxylation is 1. The Balaban J connectivity index is 1.63. The smallest absolute Gasteiger partial charge is 0.0367 e. The highest BCUT2D eigenvalue weighted by Gasteiger charge is 2.18. The predicted octanol–water partition coefficient (Wildman–Crippen LogP) is 4.62. The second-order valence-electron chi connectivity index (χ2n) is 7.61. The zero-order valence-corrected chi connectivity index (χ0v) is 14.8. The van der Waals surface area contributed by atoms with Crippen LogP contribution in [0.4, 0.5) is 11.4 Å². The molecule has 3 rings (SSSR count). The number of rotatable bonds is 2. The van der Waals surface area contributed by atoms with E-state index in [1.165, 1.54) is 22.5 Å². The first kappa shape index (κ1) is 15.9. The van der Waals surface area contributed by atoms with Crippen LogP contribution in [0.1, 0.15) is 31.9 Å². The molecular weight excluding hydrogens is 280 g/mol. The van der Waals surface area contributed by atoms with Crippen molar-refractivity contribution in [3.63, 3.8) is 0 Å². The van der Waals surface area contributed by atoms with Gasteiger partial charge in [-0.15, -0.1) is 0 Å². The Morgan fingerprint density at radius 2 is 1.04 bits per heavy atom. The van der Waals surface area contributed by atoms with Gasteiger partial charge >= 0.3 is 0 Å². The van der Waals surface area contributed by atoms with Crippen molar-refractivity contribution in [1.29, 1.82) is 0 Å². The van der Waals surface area contributed by atoms with E-state index in [0.717, 1.165) is 26.2 Å². The SMILES string of the molecule is Cc1ccc(N2CCN(c3ccc(C(C)(C)C)cc3)CC2)cc1. The molecule has 0 N–H and O–H groups in total. The number of nitrogens with zero attached hydrogens (tertiary/aromatic N) is 2. The molecule has 0 unspecified atom stereocenters. The van der Waals surface area contributed by atoms with Gasteiger partial charge in [0, 0.05) is 37.6 Å². The second-order valence-corrected chi connectivity index (χ2v) is 7.61. The summed E-state index contributed by atoms with van der Waals surface area (Å²) in [5.74, 6) is 0. The average molecular weight is 308 g/mol. The molecule has 0 aliphatic carbocycles. The Hall–Kier alpha value is -1.96. The highest BCUT2D eigenvalue weighted by atomic mass is 15.3. The van der Waals surface area contributed by atoms with Crippen molar-refractivity contribution in [1.82, 2.24) is 0 Å². The normalized spacial score (nSPS) is 15.8. The molecule has 0 spiro atoms. The molecule has 0 saturated carbocycles. The minimum Gasteiger partial charge on any atom is -0.368 e. The predicted molar refractivity (Wildman–Crippen MR) is 101 cm³/mol. The summed E-state index contributed by atoms with van der Waals surface area (Å²) < 4.78 is 0. The van der Waals surface area contributed by atoms with Crippen LogP contribution in [0.2, 0.25) is 0 Å². The standard InChI is InChI=1S/C21H28N2/c1-17-5-9-19(10-6-17)22-13-15-23(16-14-22)20-11-7-18(8-12-20)21(2,3)4/h5-12H,13-16H2,1-4H3. The molecule has 0 bridgehead atoms. The lowest BCUT2D eigenvalue weighted by Crippen LogP contribution is -2.46. The van der Waals surface area contributed by atoms with Gasteiger partial charge in [0.1, 0.15) is 0 Å². The van der Waals surface area contributed by atoms with Crippen molar-refractivity contribution in [2.45, 2.75) is 33.1 Å². The van der Waals surface area contributed by atoms with Crippen LogP contribution in [0.3, 0.4) is 0 Å². The van der Waals surface area contributed by atoms with E-state index < -0.39 is 0 Å².